The summed E-state index contributed by atoms with van der Waals surface area (Å²) in [6.07, 6.45) is 0. The number of rotatable bonds is 4. The van der Waals surface area contributed by atoms with Crippen LogP contribution in [-0.2, 0) is 13.1 Å². The Morgan fingerprint density at radius 2 is 1.79 bits per heavy atom. The highest BCUT2D eigenvalue weighted by Crippen LogP contribution is 2.17. The van der Waals surface area contributed by atoms with Crippen molar-refractivity contribution in [2.45, 2.75) is 26.9 Å². The number of nitrogens with zero attached hydrogens (tertiary/aromatic N) is 1. The van der Waals surface area contributed by atoms with Crippen LogP contribution < -0.4 is 5.73 Å². The van der Waals surface area contributed by atoms with Crippen molar-refractivity contribution in [2.75, 3.05) is 0 Å². The molecule has 1 aromatic carbocycles. The zero-order valence-corrected chi connectivity index (χ0v) is 11.2. The van der Waals surface area contributed by atoms with Crippen molar-refractivity contribution in [1.82, 2.24) is 4.57 Å². The smallest absolute Gasteiger partial charge is 0.337 e. The Morgan fingerprint density at radius 1 is 1.21 bits per heavy atom. The molecule has 2 aromatic rings. The van der Waals surface area contributed by atoms with E-state index < -0.39 is 5.97 Å². The maximum atomic E-state index is 11.1. The molecule has 0 atom stereocenters. The number of benzene rings is 1. The first-order valence-electron chi connectivity index (χ1n) is 6.21. The van der Waals surface area contributed by atoms with Crippen LogP contribution in [0.1, 0.15) is 32.9 Å². The highest BCUT2D eigenvalue weighted by atomic mass is 16.4. The van der Waals surface area contributed by atoms with Crippen LogP contribution in [0.3, 0.4) is 0 Å². The zero-order valence-electron chi connectivity index (χ0n) is 11.2. The first kappa shape index (κ1) is 13.4. The van der Waals surface area contributed by atoms with E-state index in [2.05, 4.69) is 0 Å². The molecule has 0 radical (unpaired) electrons. The van der Waals surface area contributed by atoms with Crippen molar-refractivity contribution >= 4 is 5.97 Å². The molecule has 0 amide bonds. The monoisotopic (exact) mass is 258 g/mol. The van der Waals surface area contributed by atoms with Gasteiger partial charge in [0.05, 0.1) is 5.56 Å². The first-order valence-corrected chi connectivity index (χ1v) is 6.21. The number of aryl methyl sites for hydroxylation is 1. The molecule has 0 aliphatic heterocycles. The molecule has 19 heavy (non-hydrogen) atoms. The molecule has 0 fully saturated rings. The van der Waals surface area contributed by atoms with E-state index in [1.54, 1.807) is 6.07 Å². The number of aromatic nitrogens is 1. The van der Waals surface area contributed by atoms with E-state index in [-0.39, 0.29) is 0 Å². The SMILES string of the molecule is Cc1cc(C(=O)O)c(C)n1Cc1ccc(CN)cc1. The summed E-state index contributed by atoms with van der Waals surface area (Å²) in [7, 11) is 0. The van der Waals surface area contributed by atoms with Crippen molar-refractivity contribution in [3.63, 3.8) is 0 Å². The van der Waals surface area contributed by atoms with Gasteiger partial charge in [0.15, 0.2) is 0 Å². The van der Waals surface area contributed by atoms with E-state index in [0.717, 1.165) is 22.5 Å². The summed E-state index contributed by atoms with van der Waals surface area (Å²) in [6.45, 7) is 4.97. The summed E-state index contributed by atoms with van der Waals surface area (Å²) in [5.74, 6) is -0.877. The molecule has 0 aliphatic carbocycles. The molecule has 0 spiro atoms. The number of carboxylic acid groups (broad SMARTS) is 1. The van der Waals surface area contributed by atoms with Gasteiger partial charge < -0.3 is 15.4 Å². The summed E-state index contributed by atoms with van der Waals surface area (Å²) < 4.78 is 2.01. The van der Waals surface area contributed by atoms with Crippen LogP contribution in [0.2, 0.25) is 0 Å². The minimum absolute atomic E-state index is 0.371. The molecule has 0 saturated heterocycles. The Morgan fingerprint density at radius 3 is 2.26 bits per heavy atom. The maximum Gasteiger partial charge on any atom is 0.337 e. The van der Waals surface area contributed by atoms with E-state index in [1.165, 1.54) is 0 Å². The number of nitrogens with two attached hydrogens (primary N) is 1. The fraction of sp³-hybridized carbons (Fsp3) is 0.267. The molecule has 100 valence electrons. The molecule has 0 aliphatic rings. The van der Waals surface area contributed by atoms with Crippen molar-refractivity contribution in [1.29, 1.82) is 0 Å². The molecule has 3 N–H and O–H groups in total. The predicted octanol–water partition coefficient (Wildman–Crippen LogP) is 2.31. The van der Waals surface area contributed by atoms with Crippen LogP contribution in [-0.4, -0.2) is 15.6 Å². The van der Waals surface area contributed by atoms with Crippen LogP contribution in [0.4, 0.5) is 0 Å². The molecule has 0 unspecified atom stereocenters. The van der Waals surface area contributed by atoms with E-state index >= 15 is 0 Å². The second kappa shape index (κ2) is 5.28. The van der Waals surface area contributed by atoms with Crippen LogP contribution in [0.15, 0.2) is 30.3 Å². The van der Waals surface area contributed by atoms with Gasteiger partial charge in [-0.05, 0) is 31.0 Å². The van der Waals surface area contributed by atoms with Crippen molar-refractivity contribution in [3.05, 3.63) is 58.4 Å². The lowest BCUT2D eigenvalue weighted by atomic mass is 10.1. The van der Waals surface area contributed by atoms with Crippen LogP contribution in [0.25, 0.3) is 0 Å². The van der Waals surface area contributed by atoms with Gasteiger partial charge in [-0.1, -0.05) is 24.3 Å². The van der Waals surface area contributed by atoms with Crippen molar-refractivity contribution in [3.8, 4) is 0 Å². The second-order valence-electron chi connectivity index (χ2n) is 4.70. The lowest BCUT2D eigenvalue weighted by Gasteiger charge is -2.10. The van der Waals surface area contributed by atoms with E-state index in [9.17, 15) is 4.79 Å². The summed E-state index contributed by atoms with van der Waals surface area (Å²) in [4.78, 5) is 11.1. The highest BCUT2D eigenvalue weighted by Gasteiger charge is 2.14. The summed E-state index contributed by atoms with van der Waals surface area (Å²) in [6, 6.07) is 9.78. The van der Waals surface area contributed by atoms with Crippen LogP contribution in [0.5, 0.6) is 0 Å². The van der Waals surface area contributed by atoms with Gasteiger partial charge >= 0.3 is 5.97 Å². The number of carboxylic acids is 1. The van der Waals surface area contributed by atoms with Gasteiger partial charge in [0.25, 0.3) is 0 Å². The van der Waals surface area contributed by atoms with E-state index in [1.807, 2.05) is 42.7 Å². The largest absolute Gasteiger partial charge is 0.478 e. The van der Waals surface area contributed by atoms with E-state index in [4.69, 9.17) is 10.8 Å². The van der Waals surface area contributed by atoms with Gasteiger partial charge in [-0.3, -0.25) is 0 Å². The fourth-order valence-electron chi connectivity index (χ4n) is 2.22. The third-order valence-electron chi connectivity index (χ3n) is 3.40. The van der Waals surface area contributed by atoms with Gasteiger partial charge in [0, 0.05) is 24.5 Å². The maximum absolute atomic E-state index is 11.1. The first-order chi connectivity index (χ1) is 9.02. The lowest BCUT2D eigenvalue weighted by Crippen LogP contribution is -2.06. The second-order valence-corrected chi connectivity index (χ2v) is 4.70. The van der Waals surface area contributed by atoms with Crippen molar-refractivity contribution in [2.24, 2.45) is 5.73 Å². The standard InChI is InChI=1S/C15H18N2O2/c1-10-7-14(15(18)19)11(2)17(10)9-13-5-3-12(8-16)4-6-13/h3-7H,8-9,16H2,1-2H3,(H,18,19). The van der Waals surface area contributed by atoms with Gasteiger partial charge in [-0.2, -0.15) is 0 Å². The average molecular weight is 258 g/mol. The van der Waals surface area contributed by atoms with Crippen LogP contribution in [0, 0.1) is 13.8 Å². The van der Waals surface area contributed by atoms with Gasteiger partial charge in [-0.15, -0.1) is 0 Å². The number of hydrogen-bond acceptors (Lipinski definition) is 2. The Bertz CT molecular complexity index is 597. The third-order valence-corrected chi connectivity index (χ3v) is 3.40. The fourth-order valence-corrected chi connectivity index (χ4v) is 2.22. The lowest BCUT2D eigenvalue weighted by molar-refractivity contribution is 0.0696. The minimum atomic E-state index is -0.877. The van der Waals surface area contributed by atoms with Crippen molar-refractivity contribution < 1.29 is 9.90 Å². The van der Waals surface area contributed by atoms with Gasteiger partial charge in [0.1, 0.15) is 0 Å². The number of hydrogen-bond donors (Lipinski definition) is 2. The van der Waals surface area contributed by atoms with Crippen LogP contribution >= 0.6 is 0 Å². The normalized spacial score (nSPS) is 10.7. The topological polar surface area (TPSA) is 68.2 Å². The summed E-state index contributed by atoms with van der Waals surface area (Å²) in [5, 5.41) is 9.11. The van der Waals surface area contributed by atoms with E-state index in [0.29, 0.717) is 18.7 Å². The molecule has 4 nitrogen and oxygen atoms in total. The Balaban J connectivity index is 2.30. The molecule has 4 heteroatoms. The predicted molar refractivity (Wildman–Crippen MR) is 74.3 cm³/mol. The van der Waals surface area contributed by atoms with Gasteiger partial charge in [0.2, 0.25) is 0 Å². The Labute approximate surface area is 112 Å². The highest BCUT2D eigenvalue weighted by molar-refractivity contribution is 5.89. The molecule has 2 rings (SSSR count). The molecular weight excluding hydrogens is 240 g/mol. The summed E-state index contributed by atoms with van der Waals surface area (Å²) in [5.41, 5.74) is 9.91. The Hall–Kier alpha value is -2.07. The average Bonchev–Trinajstić information content (AvgIpc) is 2.68. The minimum Gasteiger partial charge on any atom is -0.478 e. The Kier molecular flexibility index (Phi) is 3.71. The third kappa shape index (κ3) is 2.69. The molecule has 1 aromatic heterocycles. The number of carbonyl (C=O) groups is 1. The zero-order chi connectivity index (χ0) is 14.0. The quantitative estimate of drug-likeness (QED) is 0.884. The molecule has 0 saturated carbocycles. The summed E-state index contributed by atoms with van der Waals surface area (Å²) >= 11 is 0. The molecular formula is C15H18N2O2. The van der Waals surface area contributed by atoms with Gasteiger partial charge in [-0.25, -0.2) is 4.79 Å². The number of aromatic carboxylic acids is 1. The molecule has 1 heterocycles. The molecule has 0 bridgehead atoms.